The second-order valence-corrected chi connectivity index (χ2v) is 4.47. The minimum absolute atomic E-state index is 0. The van der Waals surface area contributed by atoms with Gasteiger partial charge in [0, 0.05) is 0 Å². The zero-order valence-electron chi connectivity index (χ0n) is 10.0. The average molecular weight is 236 g/mol. The summed E-state index contributed by atoms with van der Waals surface area (Å²) in [5.74, 6) is 0.973. The summed E-state index contributed by atoms with van der Waals surface area (Å²) in [4.78, 5) is 0. The average Bonchev–Trinajstić information content (AvgIpc) is 2.86. The molecule has 1 heterocycles. The molecule has 3 nitrogen and oxygen atoms in total. The summed E-state index contributed by atoms with van der Waals surface area (Å²) in [5.41, 5.74) is 0. The van der Waals surface area contributed by atoms with Gasteiger partial charge in [0.1, 0.15) is 0 Å². The van der Waals surface area contributed by atoms with Crippen LogP contribution in [0.25, 0.3) is 5.32 Å². The van der Waals surface area contributed by atoms with Crippen LogP contribution in [0.5, 0.6) is 0 Å². The number of hydrogen-bond donors (Lipinski definition) is 1. The van der Waals surface area contributed by atoms with Crippen LogP contribution in [0.4, 0.5) is 0 Å². The quantitative estimate of drug-likeness (QED) is 0.486. The second-order valence-electron chi connectivity index (χ2n) is 4.47. The minimum atomic E-state index is 0. The third-order valence-electron chi connectivity index (χ3n) is 3.32. The van der Waals surface area contributed by atoms with Crippen molar-refractivity contribution in [3.63, 3.8) is 0 Å². The molecule has 0 aromatic heterocycles. The molecular weight excluding hydrogens is 215 g/mol. The molecule has 2 rings (SSSR count). The number of nitrogens with zero attached hydrogens (tertiary/aromatic N) is 1. The molecule has 0 aromatic carbocycles. The monoisotopic (exact) mass is 236 g/mol. The molecule has 1 aliphatic carbocycles. The first-order chi connectivity index (χ1) is 6.88. The topological polar surface area (TPSA) is 38.7 Å². The molecule has 1 aliphatic heterocycles. The number of rotatable bonds is 6. The van der Waals surface area contributed by atoms with Gasteiger partial charge < -0.3 is 15.4 Å². The Hall–Kier alpha value is 1.52. The Labute approximate surface area is 136 Å². The van der Waals surface area contributed by atoms with Gasteiger partial charge in [-0.1, -0.05) is 44.7 Å². The van der Waals surface area contributed by atoms with E-state index in [-0.39, 0.29) is 57.6 Å². The van der Waals surface area contributed by atoms with Gasteiger partial charge in [0.05, 0.1) is 6.61 Å². The van der Waals surface area contributed by atoms with E-state index in [1.165, 1.54) is 38.5 Å². The molecule has 2 atom stereocenters. The van der Waals surface area contributed by atoms with Crippen molar-refractivity contribution >= 4 is 0 Å². The second kappa shape index (κ2) is 7.77. The third kappa shape index (κ3) is 5.59. The van der Waals surface area contributed by atoms with Gasteiger partial charge in [0.2, 0.25) is 0 Å². The normalized spacial score (nSPS) is 27.4. The van der Waals surface area contributed by atoms with Crippen molar-refractivity contribution < 1.29 is 56.1 Å². The summed E-state index contributed by atoms with van der Waals surface area (Å²) >= 11 is 0. The van der Waals surface area contributed by atoms with E-state index in [0.717, 1.165) is 12.5 Å². The molecule has 2 unspecified atom stereocenters. The molecule has 0 bridgehead atoms. The van der Waals surface area contributed by atoms with Crippen molar-refractivity contribution in [1.29, 1.82) is 0 Å². The molecular formula is C11H21KN2O. The van der Waals surface area contributed by atoms with Crippen molar-refractivity contribution in [1.82, 2.24) is 5.32 Å². The predicted octanol–water partition coefficient (Wildman–Crippen LogP) is -0.764. The molecule has 2 aliphatic rings. The molecule has 82 valence electrons. The van der Waals surface area contributed by atoms with Gasteiger partial charge in [0.25, 0.3) is 0 Å². The van der Waals surface area contributed by atoms with Gasteiger partial charge in [-0.2, -0.15) is 0 Å². The van der Waals surface area contributed by atoms with Gasteiger partial charge in [0.15, 0.2) is 0 Å². The molecule has 0 spiro atoms. The van der Waals surface area contributed by atoms with Gasteiger partial charge >= 0.3 is 51.4 Å². The SMILES string of the molecule is CNC(CCC1CCCC1)[N-]C1CO1.[K+]. The Morgan fingerprint density at radius 3 is 2.60 bits per heavy atom. The van der Waals surface area contributed by atoms with Crippen LogP contribution in [0.2, 0.25) is 0 Å². The van der Waals surface area contributed by atoms with E-state index in [1.807, 2.05) is 7.05 Å². The first kappa shape index (κ1) is 14.6. The fourth-order valence-corrected chi connectivity index (χ4v) is 2.32. The molecule has 15 heavy (non-hydrogen) atoms. The summed E-state index contributed by atoms with van der Waals surface area (Å²) in [6.07, 6.45) is 8.81. The molecule has 1 saturated carbocycles. The Bertz CT molecular complexity index is 170. The van der Waals surface area contributed by atoms with Gasteiger partial charge in [-0.25, -0.2) is 0 Å². The Morgan fingerprint density at radius 2 is 2.07 bits per heavy atom. The summed E-state index contributed by atoms with van der Waals surface area (Å²) in [6, 6.07) is 0. The van der Waals surface area contributed by atoms with Crippen molar-refractivity contribution in [2.24, 2.45) is 5.92 Å². The largest absolute Gasteiger partial charge is 1.00 e. The van der Waals surface area contributed by atoms with Gasteiger partial charge in [-0.3, -0.25) is 0 Å². The summed E-state index contributed by atoms with van der Waals surface area (Å²) < 4.78 is 5.11. The van der Waals surface area contributed by atoms with E-state index < -0.39 is 0 Å². The van der Waals surface area contributed by atoms with Crippen LogP contribution < -0.4 is 56.7 Å². The van der Waals surface area contributed by atoms with Gasteiger partial charge in [-0.15, -0.1) is 0 Å². The van der Waals surface area contributed by atoms with Crippen LogP contribution in [0.1, 0.15) is 38.5 Å². The summed E-state index contributed by atoms with van der Waals surface area (Å²) in [6.45, 7) is 0.835. The molecule has 4 heteroatoms. The smallest absolute Gasteiger partial charge is 0.620 e. The van der Waals surface area contributed by atoms with E-state index in [1.54, 1.807) is 0 Å². The van der Waals surface area contributed by atoms with Crippen molar-refractivity contribution in [2.45, 2.75) is 50.9 Å². The zero-order valence-corrected chi connectivity index (χ0v) is 13.2. The van der Waals surface area contributed by atoms with Crippen LogP contribution in [0, 0.1) is 5.92 Å². The van der Waals surface area contributed by atoms with E-state index in [0.29, 0.717) is 6.17 Å². The zero-order chi connectivity index (χ0) is 9.80. The maximum atomic E-state index is 5.11. The predicted molar refractivity (Wildman–Crippen MR) is 57.1 cm³/mol. The Morgan fingerprint density at radius 1 is 1.40 bits per heavy atom. The van der Waals surface area contributed by atoms with Gasteiger partial charge in [-0.05, 0) is 19.2 Å². The van der Waals surface area contributed by atoms with E-state index >= 15 is 0 Å². The minimum Gasteiger partial charge on any atom is -0.620 e. The Kier molecular flexibility index (Phi) is 7.55. The summed E-state index contributed by atoms with van der Waals surface area (Å²) in [5, 5.41) is 7.78. The first-order valence-electron chi connectivity index (χ1n) is 5.87. The number of epoxide rings is 1. The van der Waals surface area contributed by atoms with Crippen molar-refractivity contribution in [3.8, 4) is 0 Å². The van der Waals surface area contributed by atoms with Crippen LogP contribution in [0.15, 0.2) is 0 Å². The molecule has 1 N–H and O–H groups in total. The Balaban J connectivity index is 0.00000112. The molecule has 0 aromatic rings. The van der Waals surface area contributed by atoms with Crippen LogP contribution in [-0.2, 0) is 4.74 Å². The third-order valence-corrected chi connectivity index (χ3v) is 3.32. The molecule has 0 radical (unpaired) electrons. The fourth-order valence-electron chi connectivity index (χ4n) is 2.32. The molecule has 1 saturated heterocycles. The fraction of sp³-hybridized carbons (Fsp3) is 1.00. The van der Waals surface area contributed by atoms with E-state index in [2.05, 4.69) is 10.6 Å². The number of nitrogens with one attached hydrogen (secondary N) is 1. The van der Waals surface area contributed by atoms with Crippen LogP contribution >= 0.6 is 0 Å². The van der Waals surface area contributed by atoms with Crippen LogP contribution in [0.3, 0.4) is 0 Å². The first-order valence-corrected chi connectivity index (χ1v) is 5.87. The maximum absolute atomic E-state index is 5.11. The van der Waals surface area contributed by atoms with Crippen molar-refractivity contribution in [2.75, 3.05) is 13.7 Å². The van der Waals surface area contributed by atoms with Crippen molar-refractivity contribution in [3.05, 3.63) is 5.32 Å². The number of hydrogen-bond acceptors (Lipinski definition) is 2. The molecule has 2 fully saturated rings. The molecule has 0 amide bonds. The summed E-state index contributed by atoms with van der Waals surface area (Å²) in [7, 11) is 1.99. The van der Waals surface area contributed by atoms with E-state index in [4.69, 9.17) is 4.74 Å². The van der Waals surface area contributed by atoms with E-state index in [9.17, 15) is 0 Å². The number of ether oxygens (including phenoxy) is 1. The van der Waals surface area contributed by atoms with Crippen LogP contribution in [-0.4, -0.2) is 26.0 Å². The maximum Gasteiger partial charge on any atom is 1.00 e. The standard InChI is InChI=1S/C11H21N2O.K/c1-12-10(13-11-8-14-11)7-6-9-4-2-3-5-9;/h9-12H,2-8H2,1H3;/q-1;+1.